The summed E-state index contributed by atoms with van der Waals surface area (Å²) in [7, 11) is 5.00. The maximum absolute atomic E-state index is 12.2. The van der Waals surface area contributed by atoms with Gasteiger partial charge >= 0.3 is 0 Å². The third-order valence-electron chi connectivity index (χ3n) is 2.78. The molecule has 1 amide bonds. The number of carbonyl (C=O) groups excluding carboxylic acids is 1. The molecule has 1 atom stereocenters. The van der Waals surface area contributed by atoms with Crippen LogP contribution < -0.4 is 0 Å². The smallest absolute Gasteiger partial charge is 0.256 e. The first kappa shape index (κ1) is 14.7. The summed E-state index contributed by atoms with van der Waals surface area (Å²) in [5, 5.41) is 0. The third-order valence-corrected chi connectivity index (χ3v) is 2.78. The van der Waals surface area contributed by atoms with Gasteiger partial charge in [-0.3, -0.25) is 4.79 Å². The third kappa shape index (κ3) is 4.13. The van der Waals surface area contributed by atoms with Gasteiger partial charge in [0.25, 0.3) is 5.91 Å². The first-order chi connectivity index (χ1) is 8.70. The van der Waals surface area contributed by atoms with Crippen LogP contribution in [-0.2, 0) is 14.3 Å². The lowest BCUT2D eigenvalue weighted by Crippen LogP contribution is -2.33. The molecule has 1 aromatic carbocycles. The van der Waals surface area contributed by atoms with Gasteiger partial charge in [-0.15, -0.1) is 0 Å². The zero-order valence-electron chi connectivity index (χ0n) is 11.3. The van der Waals surface area contributed by atoms with Gasteiger partial charge in [0.05, 0.1) is 0 Å². The van der Waals surface area contributed by atoms with Crippen LogP contribution in [0.3, 0.4) is 0 Å². The van der Waals surface area contributed by atoms with Gasteiger partial charge in [-0.1, -0.05) is 30.3 Å². The molecule has 0 saturated carbocycles. The fourth-order valence-electron chi connectivity index (χ4n) is 1.76. The van der Waals surface area contributed by atoms with Gasteiger partial charge < -0.3 is 14.4 Å². The first-order valence-electron chi connectivity index (χ1n) is 6.02. The number of methoxy groups -OCH3 is 2. The second-order valence-electron chi connectivity index (χ2n) is 4.13. The Balaban J connectivity index is 2.62. The minimum atomic E-state index is -0.529. The molecular weight excluding hydrogens is 230 g/mol. The number of likely N-dealkylation sites (N-methyl/N-ethyl adjacent to an activating group) is 1. The van der Waals surface area contributed by atoms with Crippen molar-refractivity contribution in [3.63, 3.8) is 0 Å². The van der Waals surface area contributed by atoms with Crippen LogP contribution in [0, 0.1) is 0 Å². The Hall–Kier alpha value is -1.39. The molecule has 0 heterocycles. The molecule has 0 radical (unpaired) electrons. The summed E-state index contributed by atoms with van der Waals surface area (Å²) in [4.78, 5) is 13.9. The van der Waals surface area contributed by atoms with E-state index in [2.05, 4.69) is 0 Å². The van der Waals surface area contributed by atoms with Gasteiger partial charge in [-0.25, -0.2) is 0 Å². The predicted molar refractivity (Wildman–Crippen MR) is 70.3 cm³/mol. The lowest BCUT2D eigenvalue weighted by Gasteiger charge is -2.23. The molecule has 18 heavy (non-hydrogen) atoms. The average molecular weight is 251 g/mol. The number of carbonyl (C=O) groups is 1. The maximum Gasteiger partial charge on any atom is 0.256 e. The number of benzene rings is 1. The van der Waals surface area contributed by atoms with Crippen molar-refractivity contribution in [3.05, 3.63) is 35.9 Å². The summed E-state index contributed by atoms with van der Waals surface area (Å²) in [6.45, 7) is 1.32. The van der Waals surface area contributed by atoms with Gasteiger partial charge in [-0.05, 0) is 12.0 Å². The van der Waals surface area contributed by atoms with Crippen molar-refractivity contribution in [2.24, 2.45) is 0 Å². The molecule has 0 aliphatic rings. The molecule has 0 aliphatic heterocycles. The van der Waals surface area contributed by atoms with Crippen LogP contribution >= 0.6 is 0 Å². The van der Waals surface area contributed by atoms with Crippen LogP contribution in [0.4, 0.5) is 0 Å². The summed E-state index contributed by atoms with van der Waals surface area (Å²) in [5.74, 6) is -0.0280. The zero-order valence-corrected chi connectivity index (χ0v) is 11.3. The van der Waals surface area contributed by atoms with E-state index in [-0.39, 0.29) is 5.91 Å². The van der Waals surface area contributed by atoms with Gasteiger partial charge in [0.15, 0.2) is 6.10 Å². The van der Waals surface area contributed by atoms with Crippen molar-refractivity contribution < 1.29 is 14.3 Å². The average Bonchev–Trinajstić information content (AvgIpc) is 2.41. The Bertz CT molecular complexity index is 353. The Morgan fingerprint density at radius 2 is 1.94 bits per heavy atom. The molecule has 0 saturated heterocycles. The van der Waals surface area contributed by atoms with E-state index in [0.29, 0.717) is 13.2 Å². The summed E-state index contributed by atoms with van der Waals surface area (Å²) in [6.07, 6.45) is 0.294. The summed E-state index contributed by atoms with van der Waals surface area (Å²) < 4.78 is 10.3. The minimum absolute atomic E-state index is 0.0280. The SMILES string of the molecule is COCCCN(C)C(=O)C(OC)c1ccccc1. The van der Waals surface area contributed by atoms with Crippen LogP contribution in [0.1, 0.15) is 18.1 Å². The molecule has 0 aliphatic carbocycles. The maximum atomic E-state index is 12.2. The Morgan fingerprint density at radius 3 is 2.50 bits per heavy atom. The molecule has 1 unspecified atom stereocenters. The van der Waals surface area contributed by atoms with E-state index in [0.717, 1.165) is 12.0 Å². The van der Waals surface area contributed by atoms with E-state index >= 15 is 0 Å². The Morgan fingerprint density at radius 1 is 1.28 bits per heavy atom. The minimum Gasteiger partial charge on any atom is -0.385 e. The second kappa shape index (κ2) is 7.84. The zero-order chi connectivity index (χ0) is 13.4. The number of hydrogen-bond donors (Lipinski definition) is 0. The van der Waals surface area contributed by atoms with E-state index in [9.17, 15) is 4.79 Å². The Labute approximate surface area is 108 Å². The van der Waals surface area contributed by atoms with Crippen molar-refractivity contribution in [2.75, 3.05) is 34.4 Å². The number of rotatable bonds is 7. The highest BCUT2D eigenvalue weighted by Gasteiger charge is 2.22. The van der Waals surface area contributed by atoms with Crippen LogP contribution in [0.25, 0.3) is 0 Å². The topological polar surface area (TPSA) is 38.8 Å². The highest BCUT2D eigenvalue weighted by molar-refractivity contribution is 5.82. The lowest BCUT2D eigenvalue weighted by molar-refractivity contribution is -0.141. The van der Waals surface area contributed by atoms with Crippen molar-refractivity contribution in [2.45, 2.75) is 12.5 Å². The summed E-state index contributed by atoms with van der Waals surface area (Å²) in [6, 6.07) is 9.52. The van der Waals surface area contributed by atoms with Gasteiger partial charge in [0, 0.05) is 34.4 Å². The molecule has 0 spiro atoms. The fourth-order valence-corrected chi connectivity index (χ4v) is 1.76. The van der Waals surface area contributed by atoms with Gasteiger partial charge in [0.2, 0.25) is 0 Å². The van der Waals surface area contributed by atoms with Crippen LogP contribution in [0.15, 0.2) is 30.3 Å². The monoisotopic (exact) mass is 251 g/mol. The lowest BCUT2D eigenvalue weighted by atomic mass is 10.1. The first-order valence-corrected chi connectivity index (χ1v) is 6.02. The van der Waals surface area contributed by atoms with E-state index in [1.807, 2.05) is 30.3 Å². The Kier molecular flexibility index (Phi) is 6.39. The molecule has 0 aromatic heterocycles. The summed E-state index contributed by atoms with van der Waals surface area (Å²) in [5.41, 5.74) is 0.878. The van der Waals surface area contributed by atoms with Crippen molar-refractivity contribution >= 4 is 5.91 Å². The predicted octanol–water partition coefficient (Wildman–Crippen LogP) is 1.87. The number of amides is 1. The number of ether oxygens (including phenoxy) is 2. The van der Waals surface area contributed by atoms with E-state index in [1.165, 1.54) is 0 Å². The van der Waals surface area contributed by atoms with Crippen LogP contribution in [0.5, 0.6) is 0 Å². The summed E-state index contributed by atoms with van der Waals surface area (Å²) >= 11 is 0. The quantitative estimate of drug-likeness (QED) is 0.694. The molecule has 0 fully saturated rings. The number of hydrogen-bond acceptors (Lipinski definition) is 3. The van der Waals surface area contributed by atoms with E-state index < -0.39 is 6.10 Å². The van der Waals surface area contributed by atoms with Crippen molar-refractivity contribution in [1.29, 1.82) is 0 Å². The second-order valence-corrected chi connectivity index (χ2v) is 4.13. The number of nitrogens with zero attached hydrogens (tertiary/aromatic N) is 1. The molecular formula is C14H21NO3. The standard InChI is InChI=1S/C14H21NO3/c1-15(10-7-11-17-2)14(16)13(18-3)12-8-5-4-6-9-12/h4-6,8-9,13H,7,10-11H2,1-3H3. The van der Waals surface area contributed by atoms with Crippen LogP contribution in [-0.4, -0.2) is 45.2 Å². The van der Waals surface area contributed by atoms with Gasteiger partial charge in [-0.2, -0.15) is 0 Å². The normalized spacial score (nSPS) is 12.2. The van der Waals surface area contributed by atoms with Gasteiger partial charge in [0.1, 0.15) is 0 Å². The van der Waals surface area contributed by atoms with Crippen molar-refractivity contribution in [1.82, 2.24) is 4.90 Å². The van der Waals surface area contributed by atoms with E-state index in [1.54, 1.807) is 26.2 Å². The fraction of sp³-hybridized carbons (Fsp3) is 0.500. The molecule has 1 aromatic rings. The van der Waals surface area contributed by atoms with Crippen molar-refractivity contribution in [3.8, 4) is 0 Å². The molecule has 4 heteroatoms. The largest absolute Gasteiger partial charge is 0.385 e. The molecule has 0 bridgehead atoms. The highest BCUT2D eigenvalue weighted by atomic mass is 16.5. The molecule has 100 valence electrons. The van der Waals surface area contributed by atoms with Crippen LogP contribution in [0.2, 0.25) is 0 Å². The molecule has 0 N–H and O–H groups in total. The molecule has 1 rings (SSSR count). The van der Waals surface area contributed by atoms with E-state index in [4.69, 9.17) is 9.47 Å². The molecule has 4 nitrogen and oxygen atoms in total. The highest BCUT2D eigenvalue weighted by Crippen LogP contribution is 2.18.